The number of allylic oxidation sites excluding steroid dienone is 4. The normalized spacial score (nSPS) is 26.0. The molecule has 0 heterocycles. The van der Waals surface area contributed by atoms with E-state index >= 15 is 0 Å². The molecule has 0 unspecified atom stereocenters. The first kappa shape index (κ1) is 47.5. The molecule has 6 aliphatic carbocycles. The second-order valence-electron chi connectivity index (χ2n) is 19.3. The summed E-state index contributed by atoms with van der Waals surface area (Å²) in [5, 5.41) is 0. The van der Waals surface area contributed by atoms with Crippen molar-refractivity contribution >= 4 is 62.5 Å². The van der Waals surface area contributed by atoms with Gasteiger partial charge < -0.3 is 0 Å². The van der Waals surface area contributed by atoms with Gasteiger partial charge in [-0.3, -0.25) is 0 Å². The van der Waals surface area contributed by atoms with E-state index in [1.165, 1.54) is 128 Å². The summed E-state index contributed by atoms with van der Waals surface area (Å²) >= 11 is -3.36. The Morgan fingerprint density at radius 3 is 0.722 bits per heavy atom. The Balaban J connectivity index is 0.000000208. The molecular weight excluding hydrogens is 958 g/mol. The first-order chi connectivity index (χ1) is 26.3. The Morgan fingerprint density at radius 1 is 0.370 bits per heavy atom. The fourth-order valence-electron chi connectivity index (χ4n) is 14.1. The van der Waals surface area contributed by atoms with Crippen LogP contribution in [0.2, 0.25) is 0 Å². The summed E-state index contributed by atoms with van der Waals surface area (Å²) in [5.41, 5.74) is 9.82. The van der Waals surface area contributed by atoms with Crippen molar-refractivity contribution in [2.75, 3.05) is 12.3 Å². The number of rotatable bonds is 12. The maximum atomic E-state index is 6.16. The van der Waals surface area contributed by atoms with Crippen LogP contribution in [-0.2, 0) is 27.0 Å². The molecule has 54 heavy (non-hydrogen) atoms. The van der Waals surface area contributed by atoms with Crippen LogP contribution in [0.15, 0.2) is 23.3 Å². The number of hydrogen-bond acceptors (Lipinski definition) is 0. The molecule has 6 saturated carbocycles. The quantitative estimate of drug-likeness (QED) is 0.135. The Labute approximate surface area is 362 Å². The van der Waals surface area contributed by atoms with Crippen LogP contribution in [0, 0.1) is 0 Å². The molecule has 0 spiro atoms. The van der Waals surface area contributed by atoms with E-state index in [1.54, 1.807) is 88.2 Å². The van der Waals surface area contributed by atoms with Crippen LogP contribution in [-0.4, -0.2) is 55.5 Å². The molecule has 0 saturated heterocycles. The zero-order valence-corrected chi connectivity index (χ0v) is 43.1. The van der Waals surface area contributed by atoms with Gasteiger partial charge in [0.1, 0.15) is 0 Å². The van der Waals surface area contributed by atoms with Gasteiger partial charge >= 0.3 is 366 Å². The predicted molar refractivity (Wildman–Crippen MR) is 251 cm³/mol. The summed E-state index contributed by atoms with van der Waals surface area (Å²) in [4.78, 5) is 0. The second-order valence-corrected chi connectivity index (χ2v) is 40.9. The minimum atomic E-state index is -1.68. The monoisotopic (exact) mass is 1040 g/mol. The molecule has 0 aliphatic heterocycles. The molecule has 6 fully saturated rings. The summed E-state index contributed by atoms with van der Waals surface area (Å²) in [6, 6.07) is 0. The van der Waals surface area contributed by atoms with Crippen LogP contribution >= 0.6 is 53.3 Å². The van der Waals surface area contributed by atoms with Crippen LogP contribution < -0.4 is 0 Å². The van der Waals surface area contributed by atoms with E-state index in [2.05, 4.69) is 35.2 Å². The van der Waals surface area contributed by atoms with Crippen molar-refractivity contribution in [3.63, 3.8) is 0 Å². The van der Waals surface area contributed by atoms with Gasteiger partial charge in [-0.25, -0.2) is 0 Å². The first-order valence-electron chi connectivity index (χ1n) is 23.2. The minimum absolute atomic E-state index is 1.10. The predicted octanol–water partition coefficient (Wildman–Crippen LogP) is 16.8. The van der Waals surface area contributed by atoms with Gasteiger partial charge in [0.05, 0.1) is 0 Å². The van der Waals surface area contributed by atoms with Crippen molar-refractivity contribution in [2.24, 2.45) is 0 Å². The Bertz CT molecular complexity index is 1020. The first-order valence-corrected chi connectivity index (χ1v) is 39.1. The number of hydrogen-bond donors (Lipinski definition) is 0. The molecule has 0 N–H and O–H groups in total. The van der Waals surface area contributed by atoms with Crippen molar-refractivity contribution in [3.05, 3.63) is 23.3 Å². The standard InChI is InChI=1S/2C23H41P.4ClH.2Ru/c2*1-3-20(2)19-24(21-13-7-4-8-14-21,22-15-9-5-10-16-22)23-17-11-6-12-18-23;;;;;;/h2*1,3,21-24H,4-19H2,2H3;4*1H;;/q;;;;;;2*+2/p-4. The van der Waals surface area contributed by atoms with Crippen LogP contribution in [0.3, 0.4) is 0 Å². The van der Waals surface area contributed by atoms with Gasteiger partial charge in [-0.15, -0.1) is 0 Å². The molecule has 0 radical (unpaired) electrons. The Hall–Kier alpha value is 2.49. The fourth-order valence-corrected chi connectivity index (χ4v) is 33.4. The number of halogens is 4. The van der Waals surface area contributed by atoms with E-state index in [0.29, 0.717) is 0 Å². The van der Waals surface area contributed by atoms with Crippen molar-refractivity contribution in [1.82, 2.24) is 0 Å². The molecular formula is C46H82Cl4P2Ru2. The molecule has 0 bridgehead atoms. The van der Waals surface area contributed by atoms with Crippen LogP contribution in [0.5, 0.6) is 0 Å². The summed E-state index contributed by atoms with van der Waals surface area (Å²) in [6.45, 7) is 4.80. The molecule has 0 atom stereocenters. The maximum absolute atomic E-state index is 6.16. The van der Waals surface area contributed by atoms with E-state index in [1.807, 2.05) is 0 Å². The molecule has 6 aliphatic rings. The van der Waals surface area contributed by atoms with Crippen molar-refractivity contribution in [2.45, 2.75) is 240 Å². The summed E-state index contributed by atoms with van der Waals surface area (Å²) in [6.07, 6.45) is 53.3. The molecule has 0 aromatic carbocycles. The Morgan fingerprint density at radius 2 is 0.556 bits per heavy atom. The van der Waals surface area contributed by atoms with Crippen LogP contribution in [0.25, 0.3) is 0 Å². The third kappa shape index (κ3) is 13.7. The van der Waals surface area contributed by atoms with Gasteiger partial charge in [0.2, 0.25) is 0 Å². The molecule has 0 nitrogen and oxygen atoms in total. The van der Waals surface area contributed by atoms with Gasteiger partial charge in [0.15, 0.2) is 0 Å². The van der Waals surface area contributed by atoms with Crippen molar-refractivity contribution in [3.8, 4) is 0 Å². The van der Waals surface area contributed by atoms with E-state index in [-0.39, 0.29) is 0 Å². The van der Waals surface area contributed by atoms with Crippen molar-refractivity contribution < 1.29 is 27.0 Å². The van der Waals surface area contributed by atoms with E-state index in [0.717, 1.165) is 34.0 Å². The molecule has 320 valence electrons. The summed E-state index contributed by atoms with van der Waals surface area (Å²) in [7, 11) is 21.9. The van der Waals surface area contributed by atoms with Crippen LogP contribution in [0.4, 0.5) is 0 Å². The third-order valence-electron chi connectivity index (χ3n) is 16.2. The van der Waals surface area contributed by atoms with E-state index in [4.69, 9.17) is 38.8 Å². The molecule has 0 amide bonds. The summed E-state index contributed by atoms with van der Waals surface area (Å²) in [5.74, 6) is 0. The zero-order chi connectivity index (χ0) is 38.2. The van der Waals surface area contributed by atoms with Crippen LogP contribution in [0.1, 0.15) is 206 Å². The van der Waals surface area contributed by atoms with Gasteiger partial charge in [0, 0.05) is 0 Å². The average molecular weight is 1040 g/mol. The van der Waals surface area contributed by atoms with E-state index < -0.39 is 41.6 Å². The van der Waals surface area contributed by atoms with Gasteiger partial charge in [-0.2, -0.15) is 0 Å². The molecule has 0 aromatic heterocycles. The van der Waals surface area contributed by atoms with Gasteiger partial charge in [0.25, 0.3) is 0 Å². The molecule has 8 heteroatoms. The Kier molecular flexibility index (Phi) is 22.4. The molecule has 6 rings (SSSR count). The fraction of sp³-hybridized carbons (Fsp3) is 0.870. The SMILES string of the molecule is CC(=C[CH]=[Ru]([Cl])[Cl])C[PH](C1CCCCC1)(C1CCCCC1)C1CCCCC1.CC(=C[CH]=[Ru]([Cl])[Cl])C[PH](C1CCCCC1)(C1CCCCC1)C1CCCCC1. The van der Waals surface area contributed by atoms with Gasteiger partial charge in [-0.05, 0) is 0 Å². The second kappa shape index (κ2) is 25.4. The summed E-state index contributed by atoms with van der Waals surface area (Å²) < 4.78 is 4.29. The molecule has 0 aromatic rings. The van der Waals surface area contributed by atoms with E-state index in [9.17, 15) is 0 Å². The zero-order valence-electron chi connectivity index (χ0n) is 34.6. The van der Waals surface area contributed by atoms with Gasteiger partial charge in [-0.1, -0.05) is 0 Å². The van der Waals surface area contributed by atoms with Crippen molar-refractivity contribution in [1.29, 1.82) is 0 Å². The average Bonchev–Trinajstić information content (AvgIpc) is 3.22. The topological polar surface area (TPSA) is 0 Å². The third-order valence-corrected chi connectivity index (χ3v) is 34.7.